The molecule has 0 aromatic heterocycles. The van der Waals surface area contributed by atoms with Gasteiger partial charge in [-0.05, 0) is 0 Å². The molecule has 0 aromatic rings. The number of hydrogen-bond acceptors (Lipinski definition) is 0. The van der Waals surface area contributed by atoms with Gasteiger partial charge in [0.15, 0.2) is 0 Å². The van der Waals surface area contributed by atoms with Crippen molar-refractivity contribution in [3.8, 4) is 0 Å². The second-order valence-corrected chi connectivity index (χ2v) is 0. The van der Waals surface area contributed by atoms with E-state index >= 15 is 0 Å². The van der Waals surface area contributed by atoms with Crippen molar-refractivity contribution in [2.75, 3.05) is 0 Å². The molecule has 0 aliphatic carbocycles. The fourth-order valence-corrected chi connectivity index (χ4v) is 0. The van der Waals surface area contributed by atoms with E-state index in [0.717, 1.165) is 0 Å². The molecule has 4 heteroatoms. The molecule has 0 aromatic carbocycles. The van der Waals surface area contributed by atoms with Crippen LogP contribution in [0.5, 0.6) is 0 Å². The van der Waals surface area contributed by atoms with Crippen LogP contribution in [0.15, 0.2) is 0 Å². The van der Waals surface area contributed by atoms with Gasteiger partial charge in [-0.25, -0.2) is 0 Å². The Bertz CT molecular complexity index is 6.00. The van der Waals surface area contributed by atoms with Gasteiger partial charge in [-0.2, -0.15) is 0 Å². The van der Waals surface area contributed by atoms with Crippen LogP contribution in [0.1, 0.15) is 0 Å². The van der Waals surface area contributed by atoms with Crippen molar-refractivity contribution in [1.82, 2.24) is 0 Å². The van der Waals surface area contributed by atoms with E-state index in [0.29, 0.717) is 0 Å². The maximum absolute atomic E-state index is 4.64. The second kappa shape index (κ2) is 22.3. The number of rotatable bonds is 0. The van der Waals surface area contributed by atoms with Crippen LogP contribution in [0, 0.1) is 0 Å². The Balaban J connectivity index is 0. The quantitative estimate of drug-likeness (QED) is 0.442. The van der Waals surface area contributed by atoms with Gasteiger partial charge in [0.05, 0.1) is 0 Å². The van der Waals surface area contributed by atoms with Crippen molar-refractivity contribution in [3.05, 3.63) is 0 Å². The summed E-state index contributed by atoms with van der Waals surface area (Å²) >= 11 is 5.13. The van der Waals surface area contributed by atoms with E-state index in [4.69, 9.17) is 0 Å². The second-order valence-electron chi connectivity index (χ2n) is 0. The first-order chi connectivity index (χ1) is 2.00. The van der Waals surface area contributed by atoms with Gasteiger partial charge < -0.3 is 0 Å². The molecule has 0 N–H and O–H groups in total. The van der Waals surface area contributed by atoms with Gasteiger partial charge in [-0.1, -0.05) is 0 Å². The molecule has 0 amide bonds. The molecular formula is Cl2CuLi. The average Bonchev–Trinajstić information content (AvgIpc) is 1.50. The molecule has 0 saturated heterocycles. The number of halogens is 2. The van der Waals surface area contributed by atoms with E-state index in [2.05, 4.69) is 35.0 Å². The molecule has 0 heterocycles. The summed E-state index contributed by atoms with van der Waals surface area (Å²) in [5, 5.41) is 0. The predicted octanol–water partition coefficient (Wildman–Crippen LogP) is 0.996. The van der Waals surface area contributed by atoms with Crippen LogP contribution in [-0.2, 0) is 15.1 Å². The summed E-state index contributed by atoms with van der Waals surface area (Å²) < 4.78 is 0. The maximum atomic E-state index is 4.64. The number of hydrogen-bond donors (Lipinski definition) is 0. The van der Waals surface area contributed by atoms with Crippen molar-refractivity contribution in [2.24, 2.45) is 0 Å². The van der Waals surface area contributed by atoms with Crippen LogP contribution < -0.4 is 0 Å². The van der Waals surface area contributed by atoms with E-state index in [1.54, 1.807) is 0 Å². The van der Waals surface area contributed by atoms with Gasteiger partial charge in [-0.3, -0.25) is 0 Å². The third-order valence-electron chi connectivity index (χ3n) is 0. The Kier molecular flexibility index (Phi) is 51.3. The third kappa shape index (κ3) is 9.34. The molecular weight excluding hydrogens is 141 g/mol. The first-order valence-corrected chi connectivity index (χ1v) is 2.54. The molecule has 0 spiro atoms. The van der Waals surface area contributed by atoms with Gasteiger partial charge in [0, 0.05) is 0 Å². The van der Waals surface area contributed by atoms with Gasteiger partial charge >= 0.3 is 51.7 Å². The normalized spacial score (nSPS) is 3.50. The Labute approximate surface area is 51.6 Å². The summed E-state index contributed by atoms with van der Waals surface area (Å²) in [5.74, 6) is 0. The Morgan fingerprint density at radius 2 is 1.25 bits per heavy atom. The standard InChI is InChI=1S/2ClH.Cu.Li/h2*1H;;/q;;2*+1/p-2. The van der Waals surface area contributed by atoms with Crippen LogP contribution in [0.4, 0.5) is 0 Å². The van der Waals surface area contributed by atoms with Gasteiger partial charge in [-0.15, -0.1) is 0 Å². The van der Waals surface area contributed by atoms with Crippen molar-refractivity contribution >= 4 is 36.6 Å². The van der Waals surface area contributed by atoms with E-state index in [9.17, 15) is 0 Å². The van der Waals surface area contributed by atoms with Gasteiger partial charge in [0.2, 0.25) is 0 Å². The zero-order valence-corrected chi connectivity index (χ0v) is 4.51. The molecule has 0 unspecified atom stereocenters. The fraction of sp³-hybridized carbons (Fsp3) is 0. The van der Waals surface area contributed by atoms with Crippen LogP contribution >= 0.6 is 19.9 Å². The molecule has 0 aliphatic heterocycles. The summed E-state index contributed by atoms with van der Waals surface area (Å²) in [5.41, 5.74) is 0. The first kappa shape index (κ1) is 9.20. The Morgan fingerprint density at radius 1 is 1.25 bits per heavy atom. The average molecular weight is 141 g/mol. The summed E-state index contributed by atoms with van der Waals surface area (Å²) in [6.45, 7) is 0. The van der Waals surface area contributed by atoms with Crippen molar-refractivity contribution < 1.29 is 15.1 Å². The third-order valence-corrected chi connectivity index (χ3v) is 0. The fourth-order valence-electron chi connectivity index (χ4n) is 0. The van der Waals surface area contributed by atoms with E-state index in [1.165, 1.54) is 16.7 Å². The van der Waals surface area contributed by atoms with E-state index in [-0.39, 0.29) is 0 Å². The predicted molar refractivity (Wildman–Crippen MR) is 17.5 cm³/mol. The van der Waals surface area contributed by atoms with Crippen molar-refractivity contribution in [2.45, 2.75) is 0 Å². The zero-order valence-electron chi connectivity index (χ0n) is 2.06. The van der Waals surface area contributed by atoms with Gasteiger partial charge in [0.1, 0.15) is 0 Å². The minimum absolute atomic E-state index is 1.47. The summed E-state index contributed by atoms with van der Waals surface area (Å²) in [6, 6.07) is 0. The van der Waals surface area contributed by atoms with Gasteiger partial charge in [0.25, 0.3) is 0 Å². The molecule has 0 aliphatic rings. The van der Waals surface area contributed by atoms with Crippen LogP contribution in [-0.4, -0.2) is 16.7 Å². The Hall–Kier alpha value is 1.70. The Morgan fingerprint density at radius 3 is 1.25 bits per heavy atom. The van der Waals surface area contributed by atoms with Crippen molar-refractivity contribution in [3.63, 3.8) is 0 Å². The van der Waals surface area contributed by atoms with E-state index in [1.807, 2.05) is 0 Å². The molecule has 26 valence electrons. The SMILES string of the molecule is [Cl][Cu].[Li][Cl]. The zero-order chi connectivity index (χ0) is 4.00. The molecule has 4 heavy (non-hydrogen) atoms. The summed E-state index contributed by atoms with van der Waals surface area (Å²) in [4.78, 5) is 0. The monoisotopic (exact) mass is 140 g/mol. The molecule has 0 rings (SSSR count). The molecule has 0 fully saturated rings. The van der Waals surface area contributed by atoms with Crippen LogP contribution in [0.2, 0.25) is 0 Å². The summed E-state index contributed by atoms with van der Waals surface area (Å²) in [6.07, 6.45) is 0. The van der Waals surface area contributed by atoms with E-state index < -0.39 is 0 Å². The van der Waals surface area contributed by atoms with Crippen molar-refractivity contribution in [1.29, 1.82) is 0 Å². The van der Waals surface area contributed by atoms with Crippen LogP contribution in [0.25, 0.3) is 0 Å². The topological polar surface area (TPSA) is 0 Å². The molecule has 0 atom stereocenters. The molecule has 0 saturated carbocycles. The minimum atomic E-state index is 1.47. The summed E-state index contributed by atoms with van der Waals surface area (Å²) in [7, 11) is 8.84. The molecule has 0 radical (unpaired) electrons. The first-order valence-electron chi connectivity index (χ1n) is 0.492. The molecule has 0 bridgehead atoms. The molecule has 0 nitrogen and oxygen atoms in total. The van der Waals surface area contributed by atoms with Crippen LogP contribution in [0.3, 0.4) is 0 Å².